The predicted molar refractivity (Wildman–Crippen MR) is 94.3 cm³/mol. The van der Waals surface area contributed by atoms with E-state index < -0.39 is 5.60 Å². The first-order valence-electron chi connectivity index (χ1n) is 8.79. The van der Waals surface area contributed by atoms with Crippen molar-refractivity contribution < 1.29 is 14.3 Å². The fraction of sp³-hybridized carbons (Fsp3) is 0.667. The molecule has 1 atom stereocenters. The van der Waals surface area contributed by atoms with Crippen LogP contribution in [-0.4, -0.2) is 52.1 Å². The smallest absolute Gasteiger partial charge is 0.410 e. The van der Waals surface area contributed by atoms with Gasteiger partial charge in [0.2, 0.25) is 0 Å². The molecule has 7 nitrogen and oxygen atoms in total. The molecule has 2 amide bonds. The van der Waals surface area contributed by atoms with Gasteiger partial charge in [0.1, 0.15) is 11.3 Å². The summed E-state index contributed by atoms with van der Waals surface area (Å²) in [7, 11) is 0. The standard InChI is InChI=1S/C18H28N4O3/c1-13-10-21-15(11-20-13)16(23)19-8-7-14-6-5-9-22(12-14)17(24)25-18(2,3)4/h10-11,14H,5-9,12H2,1-4H3,(H,19,23). The molecule has 25 heavy (non-hydrogen) atoms. The van der Waals surface area contributed by atoms with Crippen LogP contribution in [0.3, 0.4) is 0 Å². The van der Waals surface area contributed by atoms with Crippen molar-refractivity contribution in [2.24, 2.45) is 5.92 Å². The minimum absolute atomic E-state index is 0.215. The van der Waals surface area contributed by atoms with E-state index >= 15 is 0 Å². The van der Waals surface area contributed by atoms with E-state index in [1.165, 1.54) is 6.20 Å². The van der Waals surface area contributed by atoms with E-state index in [-0.39, 0.29) is 12.0 Å². The Hall–Kier alpha value is -2.18. The number of rotatable bonds is 4. The van der Waals surface area contributed by atoms with Gasteiger partial charge in [-0.1, -0.05) is 0 Å². The Labute approximate surface area is 149 Å². The monoisotopic (exact) mass is 348 g/mol. The van der Waals surface area contributed by atoms with Crippen molar-refractivity contribution in [2.45, 2.75) is 52.6 Å². The molecule has 0 radical (unpaired) electrons. The number of nitrogens with one attached hydrogen (secondary N) is 1. The van der Waals surface area contributed by atoms with E-state index in [1.54, 1.807) is 11.1 Å². The van der Waals surface area contributed by atoms with Gasteiger partial charge in [0.05, 0.1) is 11.9 Å². The molecule has 7 heteroatoms. The molecule has 1 aromatic heterocycles. The first kappa shape index (κ1) is 19.1. The van der Waals surface area contributed by atoms with E-state index in [1.807, 2.05) is 27.7 Å². The molecule has 0 bridgehead atoms. The molecule has 2 rings (SSSR count). The molecule has 0 aliphatic carbocycles. The number of carbonyl (C=O) groups excluding carboxylic acids is 2. The van der Waals surface area contributed by atoms with Crippen LogP contribution in [0.4, 0.5) is 4.79 Å². The van der Waals surface area contributed by atoms with E-state index in [2.05, 4.69) is 15.3 Å². The van der Waals surface area contributed by atoms with Crippen LogP contribution in [-0.2, 0) is 4.74 Å². The number of piperidine rings is 1. The molecule has 1 aliphatic heterocycles. The third kappa shape index (κ3) is 6.32. The van der Waals surface area contributed by atoms with Gasteiger partial charge in [-0.15, -0.1) is 0 Å². The van der Waals surface area contributed by atoms with Crippen LogP contribution in [0.2, 0.25) is 0 Å². The fourth-order valence-electron chi connectivity index (χ4n) is 2.78. The number of ether oxygens (including phenoxy) is 1. The highest BCUT2D eigenvalue weighted by molar-refractivity contribution is 5.91. The maximum atomic E-state index is 12.2. The molecular formula is C18H28N4O3. The van der Waals surface area contributed by atoms with Crippen molar-refractivity contribution in [3.05, 3.63) is 23.8 Å². The highest BCUT2D eigenvalue weighted by atomic mass is 16.6. The van der Waals surface area contributed by atoms with Gasteiger partial charge in [0.25, 0.3) is 5.91 Å². The quantitative estimate of drug-likeness (QED) is 0.904. The summed E-state index contributed by atoms with van der Waals surface area (Å²) >= 11 is 0. The zero-order valence-corrected chi connectivity index (χ0v) is 15.5. The van der Waals surface area contributed by atoms with Gasteiger partial charge in [0.15, 0.2) is 0 Å². The van der Waals surface area contributed by atoms with Gasteiger partial charge in [0, 0.05) is 25.8 Å². The zero-order chi connectivity index (χ0) is 18.4. The minimum Gasteiger partial charge on any atom is -0.444 e. The van der Waals surface area contributed by atoms with Crippen LogP contribution in [0, 0.1) is 12.8 Å². The lowest BCUT2D eigenvalue weighted by molar-refractivity contribution is 0.0161. The third-order valence-electron chi connectivity index (χ3n) is 4.02. The van der Waals surface area contributed by atoms with E-state index in [4.69, 9.17) is 4.74 Å². The lowest BCUT2D eigenvalue weighted by Crippen LogP contribution is -2.43. The number of hydrogen-bond acceptors (Lipinski definition) is 5. The normalized spacial score (nSPS) is 17.9. The Morgan fingerprint density at radius 3 is 2.72 bits per heavy atom. The number of likely N-dealkylation sites (tertiary alicyclic amines) is 1. The number of amides is 2. The van der Waals surface area contributed by atoms with Crippen LogP contribution in [0.1, 0.15) is 56.2 Å². The summed E-state index contributed by atoms with van der Waals surface area (Å²) in [6, 6.07) is 0. The number of hydrogen-bond donors (Lipinski definition) is 1. The summed E-state index contributed by atoms with van der Waals surface area (Å²) in [6.45, 7) is 9.41. The molecule has 1 N–H and O–H groups in total. The predicted octanol–water partition coefficient (Wildman–Crippen LogP) is 2.55. The zero-order valence-electron chi connectivity index (χ0n) is 15.5. The van der Waals surface area contributed by atoms with Crippen molar-refractivity contribution in [2.75, 3.05) is 19.6 Å². The van der Waals surface area contributed by atoms with Crippen molar-refractivity contribution in [3.8, 4) is 0 Å². The molecule has 1 aromatic rings. The fourth-order valence-corrected chi connectivity index (χ4v) is 2.78. The Morgan fingerprint density at radius 2 is 2.08 bits per heavy atom. The van der Waals surface area contributed by atoms with Gasteiger partial charge in [-0.25, -0.2) is 9.78 Å². The number of nitrogens with zero attached hydrogens (tertiary/aromatic N) is 3. The van der Waals surface area contributed by atoms with E-state index in [0.717, 1.165) is 31.5 Å². The van der Waals surface area contributed by atoms with Crippen LogP contribution in [0.5, 0.6) is 0 Å². The molecule has 2 heterocycles. The Bertz CT molecular complexity index is 595. The lowest BCUT2D eigenvalue weighted by Gasteiger charge is -2.34. The maximum absolute atomic E-state index is 12.2. The molecule has 1 saturated heterocycles. The summed E-state index contributed by atoms with van der Waals surface area (Å²) in [5.41, 5.74) is 0.623. The molecule has 1 unspecified atom stereocenters. The average molecular weight is 348 g/mol. The topological polar surface area (TPSA) is 84.4 Å². The summed E-state index contributed by atoms with van der Waals surface area (Å²) in [4.78, 5) is 34.1. The second-order valence-corrected chi connectivity index (χ2v) is 7.52. The second kappa shape index (κ2) is 8.27. The Kier molecular flexibility index (Phi) is 6.33. The van der Waals surface area contributed by atoms with E-state index in [9.17, 15) is 9.59 Å². The number of carbonyl (C=O) groups is 2. The van der Waals surface area contributed by atoms with Crippen LogP contribution < -0.4 is 5.32 Å². The third-order valence-corrected chi connectivity index (χ3v) is 4.02. The molecule has 0 spiro atoms. The average Bonchev–Trinajstić information content (AvgIpc) is 2.54. The summed E-state index contributed by atoms with van der Waals surface area (Å²) in [6.07, 6.45) is 5.64. The first-order valence-corrected chi connectivity index (χ1v) is 8.79. The first-order chi connectivity index (χ1) is 11.7. The van der Waals surface area contributed by atoms with E-state index in [0.29, 0.717) is 24.7 Å². The Balaban J connectivity index is 1.76. The van der Waals surface area contributed by atoms with Crippen molar-refractivity contribution in [1.82, 2.24) is 20.2 Å². The summed E-state index contributed by atoms with van der Waals surface area (Å²) in [5.74, 6) is 0.151. The second-order valence-electron chi connectivity index (χ2n) is 7.52. The van der Waals surface area contributed by atoms with Gasteiger partial charge < -0.3 is 15.0 Å². The highest BCUT2D eigenvalue weighted by Crippen LogP contribution is 2.21. The van der Waals surface area contributed by atoms with Crippen LogP contribution in [0.25, 0.3) is 0 Å². The Morgan fingerprint density at radius 1 is 1.32 bits per heavy atom. The minimum atomic E-state index is -0.479. The largest absolute Gasteiger partial charge is 0.444 e. The number of aromatic nitrogens is 2. The summed E-state index contributed by atoms with van der Waals surface area (Å²) < 4.78 is 5.44. The molecular weight excluding hydrogens is 320 g/mol. The molecule has 0 saturated carbocycles. The number of aryl methyl sites for hydroxylation is 1. The SMILES string of the molecule is Cc1cnc(C(=O)NCCC2CCCN(C(=O)OC(C)(C)C)C2)cn1. The molecule has 1 aliphatic rings. The van der Waals surface area contributed by atoms with Gasteiger partial charge >= 0.3 is 6.09 Å². The molecule has 0 aromatic carbocycles. The maximum Gasteiger partial charge on any atom is 0.410 e. The van der Waals surface area contributed by atoms with Crippen LogP contribution in [0.15, 0.2) is 12.4 Å². The van der Waals surface area contributed by atoms with Crippen molar-refractivity contribution in [1.29, 1.82) is 0 Å². The van der Waals surface area contributed by atoms with Crippen molar-refractivity contribution >= 4 is 12.0 Å². The van der Waals surface area contributed by atoms with Gasteiger partial charge in [-0.2, -0.15) is 0 Å². The molecule has 1 fully saturated rings. The van der Waals surface area contributed by atoms with Gasteiger partial charge in [-0.05, 0) is 52.9 Å². The highest BCUT2D eigenvalue weighted by Gasteiger charge is 2.27. The lowest BCUT2D eigenvalue weighted by atomic mass is 9.95. The van der Waals surface area contributed by atoms with Gasteiger partial charge in [-0.3, -0.25) is 9.78 Å². The van der Waals surface area contributed by atoms with Crippen molar-refractivity contribution in [3.63, 3.8) is 0 Å². The molecule has 138 valence electrons. The summed E-state index contributed by atoms with van der Waals surface area (Å²) in [5, 5.41) is 2.87. The van der Waals surface area contributed by atoms with Crippen LogP contribution >= 0.6 is 0 Å².